The number of nitrogens with zero attached hydrogens (tertiary/aromatic N) is 2. The Labute approximate surface area is 121 Å². The van der Waals surface area contributed by atoms with Gasteiger partial charge in [-0.25, -0.2) is 9.37 Å². The Balaban J connectivity index is 2.40. The molecule has 0 saturated heterocycles. The lowest BCUT2D eigenvalue weighted by atomic mass is 10.3. The molecule has 1 N–H and O–H groups in total. The van der Waals surface area contributed by atoms with Crippen LogP contribution in [0.3, 0.4) is 0 Å². The maximum atomic E-state index is 13.1. The van der Waals surface area contributed by atoms with E-state index in [0.29, 0.717) is 9.63 Å². The summed E-state index contributed by atoms with van der Waals surface area (Å²) in [6.07, 6.45) is 1.78. The molecule has 4 nitrogen and oxygen atoms in total. The molecule has 0 saturated carbocycles. The van der Waals surface area contributed by atoms with Gasteiger partial charge < -0.3 is 5.11 Å². The number of hydrogen-bond donors (Lipinski definition) is 1. The van der Waals surface area contributed by atoms with Crippen molar-refractivity contribution in [1.29, 1.82) is 0 Å². The fraction of sp³-hybridized carbons (Fsp3) is 0.167. The summed E-state index contributed by atoms with van der Waals surface area (Å²) in [4.78, 5) is 14.9. The predicted molar refractivity (Wildman–Crippen MR) is 74.3 cm³/mol. The van der Waals surface area contributed by atoms with Crippen molar-refractivity contribution in [1.82, 2.24) is 9.55 Å². The van der Waals surface area contributed by atoms with E-state index >= 15 is 0 Å². The quantitative estimate of drug-likeness (QED) is 0.865. The van der Waals surface area contributed by atoms with Gasteiger partial charge in [-0.15, -0.1) is 0 Å². The number of aryl methyl sites for hydroxylation is 1. The molecule has 100 valence electrons. The Kier molecular flexibility index (Phi) is 4.26. The summed E-state index contributed by atoms with van der Waals surface area (Å²) in [6.45, 7) is 1.82. The number of imidazole rings is 1. The Morgan fingerprint density at radius 2 is 2.32 bits per heavy atom. The Morgan fingerprint density at radius 1 is 1.58 bits per heavy atom. The lowest BCUT2D eigenvalue weighted by Crippen LogP contribution is -2.02. The minimum atomic E-state index is -0.907. The number of carboxylic acid groups (broad SMARTS) is 1. The fourth-order valence-corrected chi connectivity index (χ4v) is 2.85. The second-order valence-corrected chi connectivity index (χ2v) is 5.61. The van der Waals surface area contributed by atoms with E-state index in [-0.39, 0.29) is 11.6 Å². The Hall–Kier alpha value is -1.34. The third kappa shape index (κ3) is 3.36. The lowest BCUT2D eigenvalue weighted by molar-refractivity contribution is -0.133. The average Bonchev–Trinajstić information content (AvgIpc) is 2.67. The number of carboxylic acids is 1. The van der Waals surface area contributed by atoms with Gasteiger partial charge in [0.2, 0.25) is 0 Å². The smallest absolute Gasteiger partial charge is 0.313 e. The van der Waals surface area contributed by atoms with Gasteiger partial charge in [0.05, 0.1) is 17.1 Å². The second kappa shape index (κ2) is 5.75. The zero-order valence-electron chi connectivity index (χ0n) is 9.93. The first-order valence-electron chi connectivity index (χ1n) is 5.33. The highest BCUT2D eigenvalue weighted by molar-refractivity contribution is 9.10. The van der Waals surface area contributed by atoms with E-state index in [0.717, 1.165) is 23.1 Å². The summed E-state index contributed by atoms with van der Waals surface area (Å²) in [5.74, 6) is -1.32. The van der Waals surface area contributed by atoms with Crippen molar-refractivity contribution in [3.63, 3.8) is 0 Å². The third-order valence-electron chi connectivity index (χ3n) is 2.29. The lowest BCUT2D eigenvalue weighted by Gasteiger charge is -2.08. The highest BCUT2D eigenvalue weighted by Gasteiger charge is 2.12. The number of halogens is 2. The fourth-order valence-electron chi connectivity index (χ4n) is 1.55. The first-order chi connectivity index (χ1) is 8.97. The predicted octanol–water partition coefficient (Wildman–Crippen LogP) is 3.26. The SMILES string of the molecule is Cc1cn(-c2ccc(F)cc2Br)c(SCC(=O)O)n1. The zero-order valence-corrected chi connectivity index (χ0v) is 12.3. The van der Waals surface area contributed by atoms with Crippen molar-refractivity contribution in [2.45, 2.75) is 12.1 Å². The number of benzene rings is 1. The third-order valence-corrected chi connectivity index (χ3v) is 3.86. The van der Waals surface area contributed by atoms with Gasteiger partial charge in [-0.05, 0) is 41.1 Å². The molecule has 1 aromatic heterocycles. The molecule has 0 amide bonds. The van der Waals surface area contributed by atoms with Gasteiger partial charge in [-0.1, -0.05) is 11.8 Å². The van der Waals surface area contributed by atoms with Crippen LogP contribution in [0.25, 0.3) is 5.69 Å². The summed E-state index contributed by atoms with van der Waals surface area (Å²) in [5, 5.41) is 9.28. The van der Waals surface area contributed by atoms with Crippen LogP contribution in [0.15, 0.2) is 34.0 Å². The Bertz CT molecular complexity index is 630. The molecule has 0 aliphatic carbocycles. The summed E-state index contributed by atoms with van der Waals surface area (Å²) in [7, 11) is 0. The standard InChI is InChI=1S/C12H10BrFN2O2S/c1-7-5-16(12(15-7)19-6-11(17)18)10-3-2-8(14)4-9(10)13/h2-5H,6H2,1H3,(H,17,18). The largest absolute Gasteiger partial charge is 0.481 e. The first-order valence-corrected chi connectivity index (χ1v) is 7.11. The molecule has 19 heavy (non-hydrogen) atoms. The number of thioether (sulfide) groups is 1. The second-order valence-electron chi connectivity index (χ2n) is 3.81. The Morgan fingerprint density at radius 3 is 2.95 bits per heavy atom. The van der Waals surface area contributed by atoms with E-state index in [1.54, 1.807) is 16.8 Å². The number of aliphatic carboxylic acids is 1. The van der Waals surface area contributed by atoms with Gasteiger partial charge in [0.1, 0.15) is 5.82 Å². The van der Waals surface area contributed by atoms with Crippen LogP contribution in [0, 0.1) is 12.7 Å². The molecular weight excluding hydrogens is 335 g/mol. The molecule has 0 spiro atoms. The van der Waals surface area contributed by atoms with Crippen molar-refractivity contribution in [3.05, 3.63) is 40.4 Å². The highest BCUT2D eigenvalue weighted by Crippen LogP contribution is 2.27. The molecule has 0 bridgehead atoms. The van der Waals surface area contributed by atoms with Crippen LogP contribution in [-0.2, 0) is 4.79 Å². The van der Waals surface area contributed by atoms with Crippen LogP contribution in [0.4, 0.5) is 4.39 Å². The number of hydrogen-bond acceptors (Lipinski definition) is 3. The molecule has 0 aliphatic heterocycles. The first kappa shape index (κ1) is 14.1. The van der Waals surface area contributed by atoms with Gasteiger partial charge in [0.25, 0.3) is 0 Å². The van der Waals surface area contributed by atoms with Gasteiger partial charge in [0.15, 0.2) is 5.16 Å². The maximum Gasteiger partial charge on any atom is 0.313 e. The van der Waals surface area contributed by atoms with Gasteiger partial charge in [-0.3, -0.25) is 9.36 Å². The molecule has 7 heteroatoms. The van der Waals surface area contributed by atoms with Gasteiger partial charge in [0, 0.05) is 10.7 Å². The molecule has 0 radical (unpaired) electrons. The maximum absolute atomic E-state index is 13.1. The molecule has 0 unspecified atom stereocenters. The van der Waals surface area contributed by atoms with Crippen LogP contribution in [0.1, 0.15) is 5.69 Å². The van der Waals surface area contributed by atoms with E-state index in [1.165, 1.54) is 12.1 Å². The minimum absolute atomic E-state index is 0.0741. The van der Waals surface area contributed by atoms with Crippen molar-refractivity contribution in [2.24, 2.45) is 0 Å². The highest BCUT2D eigenvalue weighted by atomic mass is 79.9. The number of aromatic nitrogens is 2. The summed E-state index contributed by atoms with van der Waals surface area (Å²) < 4.78 is 15.4. The molecule has 1 heterocycles. The van der Waals surface area contributed by atoms with Crippen molar-refractivity contribution >= 4 is 33.7 Å². The minimum Gasteiger partial charge on any atom is -0.481 e. The molecule has 2 aromatic rings. The summed E-state index contributed by atoms with van der Waals surface area (Å²) >= 11 is 4.41. The van der Waals surface area contributed by atoms with E-state index < -0.39 is 5.97 Å². The van der Waals surface area contributed by atoms with E-state index in [2.05, 4.69) is 20.9 Å². The van der Waals surface area contributed by atoms with Gasteiger partial charge in [-0.2, -0.15) is 0 Å². The van der Waals surface area contributed by atoms with E-state index in [9.17, 15) is 9.18 Å². The summed E-state index contributed by atoms with van der Waals surface area (Å²) in [5.41, 5.74) is 1.49. The van der Waals surface area contributed by atoms with Crippen LogP contribution in [0.2, 0.25) is 0 Å². The number of carbonyl (C=O) groups is 1. The van der Waals surface area contributed by atoms with E-state index in [1.807, 2.05) is 6.92 Å². The van der Waals surface area contributed by atoms with Crippen molar-refractivity contribution in [2.75, 3.05) is 5.75 Å². The zero-order chi connectivity index (χ0) is 14.0. The molecule has 1 aromatic carbocycles. The molecule has 2 rings (SSSR count). The summed E-state index contributed by atoms with van der Waals surface area (Å²) in [6, 6.07) is 4.32. The monoisotopic (exact) mass is 344 g/mol. The van der Waals surface area contributed by atoms with Gasteiger partial charge >= 0.3 is 5.97 Å². The molecule has 0 atom stereocenters. The molecular formula is C12H10BrFN2O2S. The van der Waals surface area contributed by atoms with Crippen molar-refractivity contribution < 1.29 is 14.3 Å². The van der Waals surface area contributed by atoms with E-state index in [4.69, 9.17) is 5.11 Å². The van der Waals surface area contributed by atoms with Crippen LogP contribution in [0.5, 0.6) is 0 Å². The molecule has 0 fully saturated rings. The van der Waals surface area contributed by atoms with Crippen molar-refractivity contribution in [3.8, 4) is 5.69 Å². The average molecular weight is 345 g/mol. The number of rotatable bonds is 4. The van der Waals surface area contributed by atoms with Crippen LogP contribution < -0.4 is 0 Å². The normalized spacial score (nSPS) is 10.7. The topological polar surface area (TPSA) is 55.1 Å². The molecule has 0 aliphatic rings. The van der Waals surface area contributed by atoms with Crippen LogP contribution in [-0.4, -0.2) is 26.4 Å². The van der Waals surface area contributed by atoms with Crippen LogP contribution >= 0.6 is 27.7 Å².